The normalized spacial score (nSPS) is 26.8. The third-order valence-electron chi connectivity index (χ3n) is 1.06. The average Bonchev–Trinajstić information content (AvgIpc) is 1.79. The standard InChI is InChI=1S/C6H4BrF3/c7-5(8)1-3-6(9,10)4-2-5/h1-4H. The van der Waals surface area contributed by atoms with Crippen molar-refractivity contribution >= 4 is 15.9 Å². The topological polar surface area (TPSA) is 0 Å². The fourth-order valence-electron chi connectivity index (χ4n) is 0.556. The van der Waals surface area contributed by atoms with Crippen molar-refractivity contribution in [1.82, 2.24) is 0 Å². The molecule has 0 heterocycles. The fourth-order valence-corrected chi connectivity index (χ4v) is 0.820. The maximum atomic E-state index is 12.6. The van der Waals surface area contributed by atoms with Gasteiger partial charge in [-0.05, 0) is 40.2 Å². The molecule has 56 valence electrons. The molecule has 0 nitrogen and oxygen atoms in total. The SMILES string of the molecule is FC1(F)C=CC(F)(Br)C=C1. The summed E-state index contributed by atoms with van der Waals surface area (Å²) in [7, 11) is 0. The number of rotatable bonds is 0. The van der Waals surface area contributed by atoms with Gasteiger partial charge in [0, 0.05) is 0 Å². The van der Waals surface area contributed by atoms with E-state index in [2.05, 4.69) is 15.9 Å². The van der Waals surface area contributed by atoms with E-state index in [4.69, 9.17) is 0 Å². The molecule has 0 unspecified atom stereocenters. The quantitative estimate of drug-likeness (QED) is 0.428. The minimum absolute atomic E-state index is 0.516. The van der Waals surface area contributed by atoms with Gasteiger partial charge in [0.2, 0.25) is 4.58 Å². The molecule has 1 aliphatic carbocycles. The van der Waals surface area contributed by atoms with E-state index in [0.29, 0.717) is 12.2 Å². The summed E-state index contributed by atoms with van der Waals surface area (Å²) in [6.07, 6.45) is 2.57. The fraction of sp³-hybridized carbons (Fsp3) is 0.333. The lowest BCUT2D eigenvalue weighted by Crippen LogP contribution is -2.18. The van der Waals surface area contributed by atoms with Crippen LogP contribution in [0.4, 0.5) is 13.2 Å². The van der Waals surface area contributed by atoms with Crippen molar-refractivity contribution in [3.8, 4) is 0 Å². The van der Waals surface area contributed by atoms with Gasteiger partial charge in [0.1, 0.15) is 0 Å². The Bertz CT molecular complexity index is 155. The van der Waals surface area contributed by atoms with Gasteiger partial charge in [-0.15, -0.1) is 0 Å². The third-order valence-corrected chi connectivity index (χ3v) is 1.58. The number of halogens is 4. The van der Waals surface area contributed by atoms with Crippen LogP contribution in [0.2, 0.25) is 0 Å². The van der Waals surface area contributed by atoms with Crippen LogP contribution in [0.1, 0.15) is 0 Å². The van der Waals surface area contributed by atoms with Crippen LogP contribution in [-0.2, 0) is 0 Å². The molecule has 0 aromatic heterocycles. The van der Waals surface area contributed by atoms with Crippen molar-refractivity contribution in [3.63, 3.8) is 0 Å². The molecule has 0 aromatic rings. The summed E-state index contributed by atoms with van der Waals surface area (Å²) in [4.78, 5) is 0. The van der Waals surface area contributed by atoms with Crippen LogP contribution in [0, 0.1) is 0 Å². The largest absolute Gasteiger partial charge is 0.285 e. The van der Waals surface area contributed by atoms with Crippen molar-refractivity contribution in [2.45, 2.75) is 10.5 Å². The Balaban J connectivity index is 2.81. The van der Waals surface area contributed by atoms with Crippen LogP contribution in [0.15, 0.2) is 24.3 Å². The van der Waals surface area contributed by atoms with Gasteiger partial charge in [0.15, 0.2) is 0 Å². The lowest BCUT2D eigenvalue weighted by Gasteiger charge is -2.16. The highest BCUT2D eigenvalue weighted by atomic mass is 79.9. The summed E-state index contributed by atoms with van der Waals surface area (Å²) < 4.78 is 35.1. The molecule has 0 radical (unpaired) electrons. The molecule has 0 fully saturated rings. The van der Waals surface area contributed by atoms with Crippen molar-refractivity contribution in [2.75, 3.05) is 0 Å². The first-order valence-corrected chi connectivity index (χ1v) is 3.37. The summed E-state index contributed by atoms with van der Waals surface area (Å²) in [5.74, 6) is -3.00. The molecule has 0 N–H and O–H groups in total. The molecule has 0 amide bonds. The molecular weight excluding hydrogens is 209 g/mol. The monoisotopic (exact) mass is 212 g/mol. The lowest BCUT2D eigenvalue weighted by molar-refractivity contribution is 0.107. The number of hydrogen-bond donors (Lipinski definition) is 0. The summed E-state index contributed by atoms with van der Waals surface area (Å²) in [5, 5.41) is 0. The van der Waals surface area contributed by atoms with Gasteiger partial charge in [0.25, 0.3) is 5.92 Å². The van der Waals surface area contributed by atoms with Crippen LogP contribution in [0.25, 0.3) is 0 Å². The van der Waals surface area contributed by atoms with E-state index < -0.39 is 10.5 Å². The zero-order valence-electron chi connectivity index (χ0n) is 4.82. The van der Waals surface area contributed by atoms with Crippen molar-refractivity contribution in [3.05, 3.63) is 24.3 Å². The van der Waals surface area contributed by atoms with Gasteiger partial charge in [-0.25, -0.2) is 4.39 Å². The second kappa shape index (κ2) is 2.12. The molecule has 0 spiro atoms. The minimum Gasteiger partial charge on any atom is -0.222 e. The van der Waals surface area contributed by atoms with Gasteiger partial charge in [-0.3, -0.25) is 0 Å². The highest BCUT2D eigenvalue weighted by molar-refractivity contribution is 9.10. The predicted octanol–water partition coefficient (Wildman–Crippen LogP) is 2.81. The van der Waals surface area contributed by atoms with E-state index in [1.807, 2.05) is 0 Å². The van der Waals surface area contributed by atoms with Crippen LogP contribution >= 0.6 is 15.9 Å². The average molecular weight is 213 g/mol. The Labute approximate surface area is 64.5 Å². The van der Waals surface area contributed by atoms with Crippen LogP contribution in [-0.4, -0.2) is 10.5 Å². The molecule has 0 atom stereocenters. The Morgan fingerprint density at radius 3 is 1.60 bits per heavy atom. The number of allylic oxidation sites excluding steroid dienone is 4. The third kappa shape index (κ3) is 1.87. The van der Waals surface area contributed by atoms with E-state index in [1.165, 1.54) is 0 Å². The molecular formula is C6H4BrF3. The van der Waals surface area contributed by atoms with E-state index >= 15 is 0 Å². The Morgan fingerprint density at radius 2 is 1.30 bits per heavy atom. The molecule has 1 aliphatic rings. The van der Waals surface area contributed by atoms with E-state index in [0.717, 1.165) is 12.2 Å². The molecule has 0 bridgehead atoms. The number of hydrogen-bond acceptors (Lipinski definition) is 0. The van der Waals surface area contributed by atoms with Gasteiger partial charge in [-0.2, -0.15) is 8.78 Å². The second-order valence-electron chi connectivity index (χ2n) is 2.02. The smallest absolute Gasteiger partial charge is 0.222 e. The summed E-state index contributed by atoms with van der Waals surface area (Å²) in [6.45, 7) is 0. The van der Waals surface area contributed by atoms with Gasteiger partial charge < -0.3 is 0 Å². The summed E-state index contributed by atoms with van der Waals surface area (Å²) in [6, 6.07) is 0. The van der Waals surface area contributed by atoms with Gasteiger partial charge >= 0.3 is 0 Å². The maximum Gasteiger partial charge on any atom is 0.285 e. The highest BCUT2D eigenvalue weighted by Gasteiger charge is 2.30. The Morgan fingerprint density at radius 1 is 0.900 bits per heavy atom. The first-order valence-electron chi connectivity index (χ1n) is 2.58. The molecule has 0 aliphatic heterocycles. The Hall–Kier alpha value is -0.250. The molecule has 4 heteroatoms. The van der Waals surface area contributed by atoms with E-state index in [9.17, 15) is 13.2 Å². The predicted molar refractivity (Wildman–Crippen MR) is 36.0 cm³/mol. The molecule has 1 rings (SSSR count). The first-order chi connectivity index (χ1) is 4.41. The van der Waals surface area contributed by atoms with E-state index in [-0.39, 0.29) is 0 Å². The molecule has 10 heavy (non-hydrogen) atoms. The summed E-state index contributed by atoms with van der Waals surface area (Å²) in [5.41, 5.74) is 0. The van der Waals surface area contributed by atoms with Gasteiger partial charge in [-0.1, -0.05) is 0 Å². The van der Waals surface area contributed by atoms with Crippen LogP contribution < -0.4 is 0 Å². The number of alkyl halides is 4. The molecule has 0 saturated carbocycles. The Kier molecular flexibility index (Phi) is 1.66. The zero-order chi connectivity index (χ0) is 7.83. The minimum atomic E-state index is -3.00. The lowest BCUT2D eigenvalue weighted by atomic mass is 10.1. The summed E-state index contributed by atoms with van der Waals surface area (Å²) >= 11 is 2.57. The van der Waals surface area contributed by atoms with Crippen molar-refractivity contribution in [2.24, 2.45) is 0 Å². The van der Waals surface area contributed by atoms with E-state index in [1.54, 1.807) is 0 Å². The van der Waals surface area contributed by atoms with Crippen molar-refractivity contribution < 1.29 is 13.2 Å². The second-order valence-corrected chi connectivity index (χ2v) is 3.23. The zero-order valence-corrected chi connectivity index (χ0v) is 6.41. The van der Waals surface area contributed by atoms with Gasteiger partial charge in [0.05, 0.1) is 0 Å². The maximum absolute atomic E-state index is 12.6. The first kappa shape index (κ1) is 7.85. The highest BCUT2D eigenvalue weighted by Crippen LogP contribution is 2.32. The van der Waals surface area contributed by atoms with Crippen molar-refractivity contribution in [1.29, 1.82) is 0 Å². The van der Waals surface area contributed by atoms with Crippen LogP contribution in [0.3, 0.4) is 0 Å². The molecule has 0 aromatic carbocycles. The van der Waals surface area contributed by atoms with Crippen LogP contribution in [0.5, 0.6) is 0 Å². The molecule has 0 saturated heterocycles.